The Morgan fingerprint density at radius 2 is 1.71 bits per heavy atom. The SMILES string of the molecule is Cl.Cl.O=[N+]([O-])c1ccc(Oc2ccccc2Cl)c(S(=O)(=O)N2CCNCC2)c1. The molecule has 3 rings (SSSR count). The van der Waals surface area contributed by atoms with Gasteiger partial charge >= 0.3 is 0 Å². The third kappa shape index (κ3) is 5.25. The molecular weight excluding hydrogens is 453 g/mol. The van der Waals surface area contributed by atoms with E-state index in [-0.39, 0.29) is 60.0 Å². The molecule has 154 valence electrons. The molecule has 2 aromatic rings. The topological polar surface area (TPSA) is 102 Å². The number of nitrogens with one attached hydrogen (secondary N) is 1. The van der Waals surface area contributed by atoms with Gasteiger partial charge in [-0.25, -0.2) is 8.42 Å². The summed E-state index contributed by atoms with van der Waals surface area (Å²) in [6, 6.07) is 10.1. The van der Waals surface area contributed by atoms with E-state index >= 15 is 0 Å². The van der Waals surface area contributed by atoms with E-state index in [0.717, 1.165) is 6.07 Å². The first kappa shape index (κ1) is 24.4. The predicted octanol–water partition coefficient (Wildman–Crippen LogP) is 3.48. The molecule has 0 radical (unpaired) electrons. The molecule has 2 aromatic carbocycles. The van der Waals surface area contributed by atoms with Crippen LogP contribution in [0.3, 0.4) is 0 Å². The second-order valence-electron chi connectivity index (χ2n) is 5.57. The van der Waals surface area contributed by atoms with Crippen LogP contribution in [0.5, 0.6) is 11.5 Å². The number of piperazine rings is 1. The highest BCUT2D eigenvalue weighted by Gasteiger charge is 2.31. The van der Waals surface area contributed by atoms with Crippen LogP contribution in [0.2, 0.25) is 5.02 Å². The standard InChI is InChI=1S/C16H16ClN3O5S.2ClH/c17-13-3-1-2-4-14(13)25-15-6-5-12(20(21)22)11-16(15)26(23,24)19-9-7-18-8-10-19;;/h1-6,11,18H,7-10H2;2*1H. The third-order valence-corrected chi connectivity index (χ3v) is 6.12. The van der Waals surface area contributed by atoms with Crippen LogP contribution in [-0.4, -0.2) is 43.8 Å². The number of nitrogens with zero attached hydrogens (tertiary/aromatic N) is 2. The van der Waals surface area contributed by atoms with Crippen molar-refractivity contribution in [2.24, 2.45) is 0 Å². The maximum absolute atomic E-state index is 13.0. The van der Waals surface area contributed by atoms with Gasteiger partial charge in [-0.2, -0.15) is 4.31 Å². The molecule has 1 aliphatic rings. The summed E-state index contributed by atoms with van der Waals surface area (Å²) in [6.45, 7) is 1.57. The van der Waals surface area contributed by atoms with Gasteiger partial charge in [-0.3, -0.25) is 10.1 Å². The fourth-order valence-corrected chi connectivity index (χ4v) is 4.32. The van der Waals surface area contributed by atoms with E-state index in [1.165, 1.54) is 16.4 Å². The molecular formula is C16H18Cl3N3O5S. The Balaban J connectivity index is 0.00000196. The average molecular weight is 471 g/mol. The molecule has 1 heterocycles. The van der Waals surface area contributed by atoms with Crippen molar-refractivity contribution < 1.29 is 18.1 Å². The summed E-state index contributed by atoms with van der Waals surface area (Å²) in [5.74, 6) is 0.252. The molecule has 0 saturated carbocycles. The number of hydrogen-bond donors (Lipinski definition) is 1. The third-order valence-electron chi connectivity index (χ3n) is 3.89. The Morgan fingerprint density at radius 3 is 2.32 bits per heavy atom. The Bertz CT molecular complexity index is 937. The minimum absolute atomic E-state index is 0. The van der Waals surface area contributed by atoms with E-state index in [1.54, 1.807) is 24.3 Å². The number of non-ortho nitro benzene ring substituents is 1. The highest BCUT2D eigenvalue weighted by atomic mass is 35.5. The van der Waals surface area contributed by atoms with Gasteiger partial charge in [-0.1, -0.05) is 23.7 Å². The van der Waals surface area contributed by atoms with Gasteiger partial charge in [-0.15, -0.1) is 24.8 Å². The smallest absolute Gasteiger partial charge is 0.271 e. The van der Waals surface area contributed by atoms with Crippen LogP contribution in [0.1, 0.15) is 0 Å². The summed E-state index contributed by atoms with van der Waals surface area (Å²) in [7, 11) is -3.96. The van der Waals surface area contributed by atoms with Crippen molar-refractivity contribution in [2.75, 3.05) is 26.2 Å². The lowest BCUT2D eigenvalue weighted by atomic mass is 10.3. The van der Waals surface area contributed by atoms with Gasteiger partial charge in [0.2, 0.25) is 10.0 Å². The lowest BCUT2D eigenvalue weighted by Crippen LogP contribution is -2.46. The highest BCUT2D eigenvalue weighted by Crippen LogP contribution is 2.36. The molecule has 0 amide bonds. The van der Waals surface area contributed by atoms with E-state index in [2.05, 4.69) is 5.32 Å². The molecule has 0 unspecified atom stereocenters. The Morgan fingerprint density at radius 1 is 1.07 bits per heavy atom. The summed E-state index contributed by atoms with van der Waals surface area (Å²) in [5, 5.41) is 14.5. The lowest BCUT2D eigenvalue weighted by Gasteiger charge is -2.27. The molecule has 8 nitrogen and oxygen atoms in total. The number of benzene rings is 2. The van der Waals surface area contributed by atoms with Crippen LogP contribution < -0.4 is 10.1 Å². The summed E-state index contributed by atoms with van der Waals surface area (Å²) < 4.78 is 33.0. The largest absolute Gasteiger partial charge is 0.454 e. The van der Waals surface area contributed by atoms with E-state index in [1.807, 2.05) is 0 Å². The van der Waals surface area contributed by atoms with Crippen LogP contribution in [0.15, 0.2) is 47.4 Å². The van der Waals surface area contributed by atoms with Crippen molar-refractivity contribution in [3.63, 3.8) is 0 Å². The van der Waals surface area contributed by atoms with Gasteiger partial charge in [0, 0.05) is 38.3 Å². The quantitative estimate of drug-likeness (QED) is 0.530. The molecule has 1 saturated heterocycles. The monoisotopic (exact) mass is 469 g/mol. The van der Waals surface area contributed by atoms with E-state index < -0.39 is 14.9 Å². The maximum Gasteiger partial charge on any atom is 0.271 e. The Kier molecular flexibility index (Phi) is 8.93. The maximum atomic E-state index is 13.0. The van der Waals surface area contributed by atoms with Gasteiger partial charge in [0.1, 0.15) is 16.4 Å². The number of sulfonamides is 1. The number of halogens is 3. The minimum Gasteiger partial charge on any atom is -0.454 e. The molecule has 0 bridgehead atoms. The first-order valence-electron chi connectivity index (χ1n) is 7.81. The second kappa shape index (κ2) is 10.2. The van der Waals surface area contributed by atoms with Gasteiger partial charge in [-0.05, 0) is 18.2 Å². The first-order chi connectivity index (χ1) is 12.4. The van der Waals surface area contributed by atoms with E-state index in [4.69, 9.17) is 16.3 Å². The highest BCUT2D eigenvalue weighted by molar-refractivity contribution is 7.89. The number of rotatable bonds is 5. The van der Waals surface area contributed by atoms with Gasteiger partial charge in [0.05, 0.1) is 9.95 Å². The molecule has 1 fully saturated rings. The molecule has 28 heavy (non-hydrogen) atoms. The number of nitro groups is 1. The average Bonchev–Trinajstić information content (AvgIpc) is 2.64. The van der Waals surface area contributed by atoms with Crippen molar-refractivity contribution in [3.05, 3.63) is 57.6 Å². The molecule has 1 N–H and O–H groups in total. The summed E-state index contributed by atoms with van der Waals surface area (Å²) >= 11 is 6.07. The molecule has 0 aromatic heterocycles. The second-order valence-corrected chi connectivity index (χ2v) is 7.89. The van der Waals surface area contributed by atoms with Crippen LogP contribution in [0.4, 0.5) is 5.69 Å². The summed E-state index contributed by atoms with van der Waals surface area (Å²) in [6.07, 6.45) is 0. The number of ether oxygens (including phenoxy) is 1. The van der Waals surface area contributed by atoms with Crippen LogP contribution >= 0.6 is 36.4 Å². The first-order valence-corrected chi connectivity index (χ1v) is 9.63. The molecule has 12 heteroatoms. The molecule has 0 spiro atoms. The fourth-order valence-electron chi connectivity index (χ4n) is 2.57. The van der Waals surface area contributed by atoms with Crippen molar-refractivity contribution in [1.29, 1.82) is 0 Å². The molecule has 0 aliphatic carbocycles. The van der Waals surface area contributed by atoms with Crippen molar-refractivity contribution in [2.45, 2.75) is 4.90 Å². The predicted molar refractivity (Wildman–Crippen MR) is 111 cm³/mol. The number of nitro benzene ring substituents is 1. The zero-order valence-corrected chi connectivity index (χ0v) is 17.6. The summed E-state index contributed by atoms with van der Waals surface area (Å²) in [5.41, 5.74) is -0.329. The molecule has 0 atom stereocenters. The Labute approximate surface area is 179 Å². The van der Waals surface area contributed by atoms with Crippen molar-refractivity contribution >= 4 is 52.1 Å². The van der Waals surface area contributed by atoms with Crippen LogP contribution in [0, 0.1) is 10.1 Å². The normalized spacial score (nSPS) is 14.5. The number of para-hydroxylation sites is 1. The van der Waals surface area contributed by atoms with Crippen molar-refractivity contribution in [3.8, 4) is 11.5 Å². The van der Waals surface area contributed by atoms with Crippen molar-refractivity contribution in [1.82, 2.24) is 9.62 Å². The zero-order valence-electron chi connectivity index (χ0n) is 14.4. The van der Waals surface area contributed by atoms with Gasteiger partial charge < -0.3 is 10.1 Å². The van der Waals surface area contributed by atoms with E-state index in [9.17, 15) is 18.5 Å². The van der Waals surface area contributed by atoms with Crippen LogP contribution in [-0.2, 0) is 10.0 Å². The fraction of sp³-hybridized carbons (Fsp3) is 0.250. The number of hydrogen-bond acceptors (Lipinski definition) is 6. The van der Waals surface area contributed by atoms with Crippen LogP contribution in [0.25, 0.3) is 0 Å². The minimum atomic E-state index is -3.96. The zero-order chi connectivity index (χ0) is 18.7. The van der Waals surface area contributed by atoms with Gasteiger partial charge in [0.25, 0.3) is 5.69 Å². The lowest BCUT2D eigenvalue weighted by molar-refractivity contribution is -0.385. The van der Waals surface area contributed by atoms with Gasteiger partial charge in [0.15, 0.2) is 0 Å². The molecule has 1 aliphatic heterocycles. The Hall–Kier alpha value is -1.62. The summed E-state index contributed by atoms with van der Waals surface area (Å²) in [4.78, 5) is 10.2. The van der Waals surface area contributed by atoms with E-state index in [0.29, 0.717) is 18.1 Å².